The largest absolute Gasteiger partial charge is 0.360 e. The average molecular weight is 365 g/mol. The molecule has 0 aliphatic carbocycles. The van der Waals surface area contributed by atoms with Crippen molar-refractivity contribution in [3.8, 4) is 0 Å². The highest BCUT2D eigenvalue weighted by Crippen LogP contribution is 2.52. The summed E-state index contributed by atoms with van der Waals surface area (Å²) in [7, 11) is 0. The van der Waals surface area contributed by atoms with Crippen LogP contribution in [0.15, 0.2) is 12.2 Å². The molecule has 2 amide bonds. The first-order valence-electron chi connectivity index (χ1n) is 9.62. The zero-order valence-electron chi connectivity index (χ0n) is 15.1. The van der Waals surface area contributed by atoms with E-state index in [2.05, 4.69) is 19.9 Å². The molecule has 3 fully saturated rings. The number of ether oxygens (including phenoxy) is 1. The molecule has 0 aromatic rings. The molecule has 0 saturated carbocycles. The molecule has 5 nitrogen and oxygen atoms in total. The van der Waals surface area contributed by atoms with Crippen LogP contribution < -0.4 is 0 Å². The monoisotopic (exact) mass is 364 g/mol. The maximum Gasteiger partial charge on any atom is 0.230 e. The van der Waals surface area contributed by atoms with E-state index in [4.69, 9.17) is 4.74 Å². The number of hydrogen-bond donors (Lipinski definition) is 0. The van der Waals surface area contributed by atoms with Gasteiger partial charge in [0.15, 0.2) is 0 Å². The molecule has 4 aliphatic heterocycles. The van der Waals surface area contributed by atoms with E-state index in [1.54, 1.807) is 0 Å². The van der Waals surface area contributed by atoms with Crippen LogP contribution in [0.3, 0.4) is 0 Å². The third-order valence-electron chi connectivity index (χ3n) is 6.42. The summed E-state index contributed by atoms with van der Waals surface area (Å²) in [4.78, 5) is 30.2. The Hall–Kier alpha value is -1.01. The molecule has 25 heavy (non-hydrogen) atoms. The second-order valence-corrected chi connectivity index (χ2v) is 8.96. The summed E-state index contributed by atoms with van der Waals surface area (Å²) in [6.07, 6.45) is 6.01. The van der Waals surface area contributed by atoms with Crippen molar-refractivity contribution in [2.75, 3.05) is 37.7 Å². The fraction of sp³-hybridized carbons (Fsp3) is 0.789. The van der Waals surface area contributed by atoms with E-state index >= 15 is 0 Å². The molecule has 0 aromatic carbocycles. The fourth-order valence-electron chi connectivity index (χ4n) is 4.87. The Morgan fingerprint density at radius 3 is 2.76 bits per heavy atom. The van der Waals surface area contributed by atoms with Crippen molar-refractivity contribution in [1.29, 1.82) is 0 Å². The van der Waals surface area contributed by atoms with Crippen molar-refractivity contribution in [2.45, 2.75) is 38.4 Å². The van der Waals surface area contributed by atoms with Gasteiger partial charge in [-0.15, -0.1) is 0 Å². The molecule has 2 unspecified atom stereocenters. The van der Waals surface area contributed by atoms with Gasteiger partial charge in [-0.2, -0.15) is 11.8 Å². The molecule has 6 heteroatoms. The van der Waals surface area contributed by atoms with Crippen molar-refractivity contribution < 1.29 is 14.3 Å². The van der Waals surface area contributed by atoms with Crippen LogP contribution in [0.2, 0.25) is 0 Å². The number of likely N-dealkylation sites (tertiary alicyclic amines) is 1. The van der Waals surface area contributed by atoms with Crippen molar-refractivity contribution in [3.05, 3.63) is 12.2 Å². The predicted molar refractivity (Wildman–Crippen MR) is 98.3 cm³/mol. The Balaban J connectivity index is 1.55. The number of hydrogen-bond acceptors (Lipinski definition) is 4. The Kier molecular flexibility index (Phi) is 4.61. The first kappa shape index (κ1) is 17.4. The smallest absolute Gasteiger partial charge is 0.230 e. The lowest BCUT2D eigenvalue weighted by atomic mass is 9.76. The number of thioether (sulfide) groups is 1. The topological polar surface area (TPSA) is 49.9 Å². The van der Waals surface area contributed by atoms with Crippen LogP contribution in [0.5, 0.6) is 0 Å². The van der Waals surface area contributed by atoms with Crippen molar-refractivity contribution in [3.63, 3.8) is 0 Å². The van der Waals surface area contributed by atoms with Gasteiger partial charge in [0, 0.05) is 31.1 Å². The van der Waals surface area contributed by atoms with Gasteiger partial charge in [0.25, 0.3) is 0 Å². The van der Waals surface area contributed by atoms with Gasteiger partial charge in [-0.05, 0) is 5.92 Å². The number of fused-ring (bicyclic) bond motifs is 1. The lowest BCUT2D eigenvalue weighted by Crippen LogP contribution is -2.48. The maximum absolute atomic E-state index is 13.2. The first-order chi connectivity index (χ1) is 12.1. The molecule has 0 aromatic heterocycles. The van der Waals surface area contributed by atoms with Crippen LogP contribution in [0, 0.1) is 17.8 Å². The number of amides is 2. The minimum atomic E-state index is -0.557. The summed E-state index contributed by atoms with van der Waals surface area (Å²) >= 11 is 1.89. The maximum atomic E-state index is 13.2. The lowest BCUT2D eigenvalue weighted by Gasteiger charge is -2.32. The van der Waals surface area contributed by atoms with Crippen LogP contribution in [0.25, 0.3) is 0 Å². The standard InChI is InChI=1S/C19H28N2O3S/c1-3-13(4-2)11-21-12-19-6-5-14(24-19)15(16(19)18(21)23)17(22)20-7-9-25-10-8-20/h5-6,13-16H,3-4,7-12H2,1-2H3/t14-,15?,16?,19-/m0/s1. The summed E-state index contributed by atoms with van der Waals surface area (Å²) < 4.78 is 6.23. The van der Waals surface area contributed by atoms with Gasteiger partial charge in [0.2, 0.25) is 11.8 Å². The van der Waals surface area contributed by atoms with E-state index in [1.807, 2.05) is 27.6 Å². The van der Waals surface area contributed by atoms with Crippen LogP contribution in [-0.2, 0) is 14.3 Å². The second-order valence-electron chi connectivity index (χ2n) is 7.74. The molecule has 4 aliphatic rings. The van der Waals surface area contributed by atoms with Crippen molar-refractivity contribution >= 4 is 23.6 Å². The molecule has 2 bridgehead atoms. The average Bonchev–Trinajstić information content (AvgIpc) is 3.28. The summed E-state index contributed by atoms with van der Waals surface area (Å²) in [6.45, 7) is 7.34. The van der Waals surface area contributed by atoms with E-state index in [-0.39, 0.29) is 29.8 Å². The van der Waals surface area contributed by atoms with Gasteiger partial charge in [-0.25, -0.2) is 0 Å². The number of carbonyl (C=O) groups is 2. The Morgan fingerprint density at radius 1 is 1.36 bits per heavy atom. The van der Waals surface area contributed by atoms with E-state index in [0.717, 1.165) is 44.0 Å². The molecule has 138 valence electrons. The molecule has 0 radical (unpaired) electrons. The molecular formula is C19H28N2O3S. The number of rotatable bonds is 5. The van der Waals surface area contributed by atoms with Crippen LogP contribution in [-0.4, -0.2) is 71.0 Å². The van der Waals surface area contributed by atoms with Gasteiger partial charge in [-0.1, -0.05) is 38.8 Å². The summed E-state index contributed by atoms with van der Waals surface area (Å²) in [6, 6.07) is 0. The van der Waals surface area contributed by atoms with Gasteiger partial charge >= 0.3 is 0 Å². The Bertz CT molecular complexity index is 585. The minimum absolute atomic E-state index is 0.124. The van der Waals surface area contributed by atoms with Crippen molar-refractivity contribution in [1.82, 2.24) is 9.80 Å². The quantitative estimate of drug-likeness (QED) is 0.698. The zero-order valence-corrected chi connectivity index (χ0v) is 16.0. The van der Waals surface area contributed by atoms with Gasteiger partial charge in [-0.3, -0.25) is 9.59 Å². The van der Waals surface area contributed by atoms with Crippen LogP contribution >= 0.6 is 11.8 Å². The summed E-state index contributed by atoms with van der Waals surface area (Å²) in [5.41, 5.74) is -0.557. The third-order valence-corrected chi connectivity index (χ3v) is 7.36. The Morgan fingerprint density at radius 2 is 2.08 bits per heavy atom. The number of nitrogens with zero attached hydrogens (tertiary/aromatic N) is 2. The highest BCUT2D eigenvalue weighted by atomic mass is 32.2. The summed E-state index contributed by atoms with van der Waals surface area (Å²) in [5, 5.41) is 0. The highest BCUT2D eigenvalue weighted by molar-refractivity contribution is 7.99. The van der Waals surface area contributed by atoms with Crippen molar-refractivity contribution in [2.24, 2.45) is 17.8 Å². The zero-order chi connectivity index (χ0) is 17.6. The second kappa shape index (κ2) is 6.62. The van der Waals surface area contributed by atoms with E-state index in [9.17, 15) is 9.59 Å². The SMILES string of the molecule is CCC(CC)CN1C[C@]23C=C[C@H](O2)C(C(=O)N2CCSCC2)C3C1=O. The molecule has 4 rings (SSSR count). The lowest BCUT2D eigenvalue weighted by molar-refractivity contribution is -0.143. The van der Waals surface area contributed by atoms with Crippen LogP contribution in [0.4, 0.5) is 0 Å². The molecule has 3 saturated heterocycles. The van der Waals surface area contributed by atoms with Gasteiger partial charge in [0.05, 0.1) is 24.5 Å². The summed E-state index contributed by atoms with van der Waals surface area (Å²) in [5.74, 6) is 2.11. The molecule has 0 N–H and O–H groups in total. The first-order valence-corrected chi connectivity index (χ1v) is 10.8. The molecule has 1 spiro atoms. The molecular weight excluding hydrogens is 336 g/mol. The highest BCUT2D eigenvalue weighted by Gasteiger charge is 2.67. The molecule has 4 atom stereocenters. The third kappa shape index (κ3) is 2.72. The predicted octanol–water partition coefficient (Wildman–Crippen LogP) is 1.78. The van der Waals surface area contributed by atoms with Gasteiger partial charge < -0.3 is 14.5 Å². The fourth-order valence-corrected chi connectivity index (χ4v) is 5.77. The molecule has 4 heterocycles. The van der Waals surface area contributed by atoms with E-state index in [1.165, 1.54) is 0 Å². The van der Waals surface area contributed by atoms with E-state index in [0.29, 0.717) is 12.5 Å². The Labute approximate surface area is 154 Å². The van der Waals surface area contributed by atoms with Gasteiger partial charge in [0.1, 0.15) is 5.60 Å². The number of carbonyl (C=O) groups excluding carboxylic acids is 2. The van der Waals surface area contributed by atoms with E-state index < -0.39 is 5.60 Å². The normalized spacial score (nSPS) is 36.6. The minimum Gasteiger partial charge on any atom is -0.360 e. The van der Waals surface area contributed by atoms with Crippen LogP contribution in [0.1, 0.15) is 26.7 Å².